The number of benzene rings is 1. The summed E-state index contributed by atoms with van der Waals surface area (Å²) in [4.78, 5) is 26.4. The molecule has 6 nitrogen and oxygen atoms in total. The van der Waals surface area contributed by atoms with E-state index < -0.39 is 5.60 Å². The van der Waals surface area contributed by atoms with Crippen LogP contribution in [-0.2, 0) is 0 Å². The number of amides is 2. The van der Waals surface area contributed by atoms with E-state index in [4.69, 9.17) is 4.42 Å². The Morgan fingerprint density at radius 1 is 1.20 bits per heavy atom. The van der Waals surface area contributed by atoms with Crippen molar-refractivity contribution in [2.75, 3.05) is 18.5 Å². The minimum Gasteiger partial charge on any atom is -0.459 e. The van der Waals surface area contributed by atoms with E-state index in [1.807, 2.05) is 0 Å². The Kier molecular flexibility index (Phi) is 4.90. The highest BCUT2D eigenvalue weighted by Gasteiger charge is 2.31. The molecule has 1 aliphatic carbocycles. The lowest BCUT2D eigenvalue weighted by Crippen LogP contribution is -2.41. The minimum absolute atomic E-state index is 0.206. The summed E-state index contributed by atoms with van der Waals surface area (Å²) in [6.07, 6.45) is 4.78. The van der Waals surface area contributed by atoms with Gasteiger partial charge in [-0.15, -0.1) is 0 Å². The fourth-order valence-electron chi connectivity index (χ4n) is 3.18. The SMILES string of the molecule is CN(C(=O)c1ccco1)c1ccccc1C(=O)NCC1(O)CCCC1. The molecule has 0 bridgehead atoms. The molecule has 0 spiro atoms. The predicted octanol–water partition coefficient (Wildman–Crippen LogP) is 2.59. The molecule has 1 fully saturated rings. The third-order valence-corrected chi connectivity index (χ3v) is 4.66. The van der Waals surface area contributed by atoms with Crippen molar-refractivity contribution in [1.82, 2.24) is 5.32 Å². The van der Waals surface area contributed by atoms with Crippen LogP contribution in [0.1, 0.15) is 46.6 Å². The van der Waals surface area contributed by atoms with Gasteiger partial charge in [-0.3, -0.25) is 9.59 Å². The molecule has 1 aromatic heterocycles. The van der Waals surface area contributed by atoms with Crippen molar-refractivity contribution in [2.24, 2.45) is 0 Å². The van der Waals surface area contributed by atoms with E-state index in [1.165, 1.54) is 11.2 Å². The van der Waals surface area contributed by atoms with E-state index in [1.54, 1.807) is 43.4 Å². The summed E-state index contributed by atoms with van der Waals surface area (Å²) < 4.78 is 5.14. The lowest BCUT2D eigenvalue weighted by molar-refractivity contribution is 0.0449. The summed E-state index contributed by atoms with van der Waals surface area (Å²) in [5.74, 6) is -0.437. The molecular weight excluding hydrogens is 320 g/mol. The van der Waals surface area contributed by atoms with Crippen molar-refractivity contribution in [3.8, 4) is 0 Å². The molecule has 1 heterocycles. The second-order valence-electron chi connectivity index (χ2n) is 6.47. The van der Waals surface area contributed by atoms with Gasteiger partial charge in [0, 0.05) is 13.6 Å². The van der Waals surface area contributed by atoms with E-state index in [0.717, 1.165) is 12.8 Å². The molecule has 0 radical (unpaired) electrons. The van der Waals surface area contributed by atoms with Crippen LogP contribution in [0.3, 0.4) is 0 Å². The average Bonchev–Trinajstić information content (AvgIpc) is 3.31. The normalized spacial score (nSPS) is 15.8. The van der Waals surface area contributed by atoms with Crippen molar-refractivity contribution in [3.63, 3.8) is 0 Å². The predicted molar refractivity (Wildman–Crippen MR) is 93.6 cm³/mol. The molecule has 3 rings (SSSR count). The van der Waals surface area contributed by atoms with Crippen LogP contribution in [0.25, 0.3) is 0 Å². The number of para-hydroxylation sites is 1. The highest BCUT2D eigenvalue weighted by Crippen LogP contribution is 2.29. The van der Waals surface area contributed by atoms with Crippen LogP contribution < -0.4 is 10.2 Å². The van der Waals surface area contributed by atoms with Gasteiger partial charge in [0.05, 0.1) is 23.1 Å². The quantitative estimate of drug-likeness (QED) is 0.875. The maximum absolute atomic E-state index is 12.6. The number of hydrogen-bond donors (Lipinski definition) is 2. The molecule has 2 amide bonds. The summed E-state index contributed by atoms with van der Waals surface area (Å²) in [7, 11) is 1.60. The molecule has 0 saturated heterocycles. The van der Waals surface area contributed by atoms with Crippen molar-refractivity contribution in [3.05, 3.63) is 54.0 Å². The first-order chi connectivity index (χ1) is 12.0. The standard InChI is InChI=1S/C19H22N2O4/c1-21(18(23)16-9-6-12-25-16)15-8-3-2-7-14(15)17(22)20-13-19(24)10-4-5-11-19/h2-3,6-9,12,24H,4-5,10-11,13H2,1H3,(H,20,22). The van der Waals surface area contributed by atoms with Crippen LogP contribution in [0, 0.1) is 0 Å². The molecule has 25 heavy (non-hydrogen) atoms. The van der Waals surface area contributed by atoms with Gasteiger partial charge in [0.2, 0.25) is 0 Å². The number of carbonyl (C=O) groups excluding carboxylic acids is 2. The maximum Gasteiger partial charge on any atom is 0.293 e. The zero-order valence-corrected chi connectivity index (χ0v) is 14.2. The Labute approximate surface area is 146 Å². The molecule has 1 saturated carbocycles. The van der Waals surface area contributed by atoms with Gasteiger partial charge in [0.15, 0.2) is 5.76 Å². The zero-order valence-electron chi connectivity index (χ0n) is 14.2. The molecule has 6 heteroatoms. The molecule has 0 unspecified atom stereocenters. The van der Waals surface area contributed by atoms with Crippen LogP contribution >= 0.6 is 0 Å². The summed E-state index contributed by atoms with van der Waals surface area (Å²) in [5.41, 5.74) is 0.0480. The van der Waals surface area contributed by atoms with Crippen molar-refractivity contribution in [1.29, 1.82) is 0 Å². The van der Waals surface area contributed by atoms with E-state index in [9.17, 15) is 14.7 Å². The van der Waals surface area contributed by atoms with Gasteiger partial charge in [-0.2, -0.15) is 0 Å². The highest BCUT2D eigenvalue weighted by atomic mass is 16.3. The van der Waals surface area contributed by atoms with Gasteiger partial charge in [-0.25, -0.2) is 0 Å². The second-order valence-corrected chi connectivity index (χ2v) is 6.47. The Morgan fingerprint density at radius 2 is 1.92 bits per heavy atom. The molecule has 0 atom stereocenters. The number of nitrogens with zero attached hydrogens (tertiary/aromatic N) is 1. The van der Waals surface area contributed by atoms with Crippen molar-refractivity contribution >= 4 is 17.5 Å². The first-order valence-corrected chi connectivity index (χ1v) is 8.41. The number of nitrogens with one attached hydrogen (secondary N) is 1. The average molecular weight is 342 g/mol. The number of carbonyl (C=O) groups is 2. The zero-order chi connectivity index (χ0) is 17.9. The Balaban J connectivity index is 1.76. The number of anilines is 1. The molecule has 1 aromatic carbocycles. The first kappa shape index (κ1) is 17.2. The smallest absolute Gasteiger partial charge is 0.293 e. The molecule has 132 valence electrons. The summed E-state index contributed by atoms with van der Waals surface area (Å²) >= 11 is 0. The molecule has 1 aliphatic rings. The molecule has 0 aliphatic heterocycles. The first-order valence-electron chi connectivity index (χ1n) is 8.41. The monoisotopic (exact) mass is 342 g/mol. The van der Waals surface area contributed by atoms with Crippen LogP contribution in [0.4, 0.5) is 5.69 Å². The van der Waals surface area contributed by atoms with Gasteiger partial charge in [-0.05, 0) is 37.1 Å². The van der Waals surface area contributed by atoms with Crippen LogP contribution in [0.5, 0.6) is 0 Å². The van der Waals surface area contributed by atoms with Gasteiger partial charge in [-0.1, -0.05) is 25.0 Å². The van der Waals surface area contributed by atoms with Gasteiger partial charge in [0.25, 0.3) is 11.8 Å². The second kappa shape index (κ2) is 7.11. The summed E-state index contributed by atoms with van der Waals surface area (Å²) in [6.45, 7) is 0.218. The fraction of sp³-hybridized carbons (Fsp3) is 0.368. The largest absolute Gasteiger partial charge is 0.459 e. The van der Waals surface area contributed by atoms with Gasteiger partial charge >= 0.3 is 0 Å². The lowest BCUT2D eigenvalue weighted by atomic mass is 10.0. The van der Waals surface area contributed by atoms with Gasteiger partial charge < -0.3 is 19.7 Å². The fourth-order valence-corrected chi connectivity index (χ4v) is 3.18. The Bertz CT molecular complexity index is 749. The van der Waals surface area contributed by atoms with E-state index >= 15 is 0 Å². The highest BCUT2D eigenvalue weighted by molar-refractivity contribution is 6.09. The van der Waals surface area contributed by atoms with Crippen molar-refractivity contribution in [2.45, 2.75) is 31.3 Å². The molecule has 2 aromatic rings. The third kappa shape index (κ3) is 3.74. The van der Waals surface area contributed by atoms with E-state index in [2.05, 4.69) is 5.32 Å². The Hall–Kier alpha value is -2.60. The van der Waals surface area contributed by atoms with Crippen LogP contribution in [0.15, 0.2) is 47.1 Å². The molecule has 2 N–H and O–H groups in total. The topological polar surface area (TPSA) is 82.8 Å². The maximum atomic E-state index is 12.6. The van der Waals surface area contributed by atoms with E-state index in [0.29, 0.717) is 24.1 Å². The third-order valence-electron chi connectivity index (χ3n) is 4.66. The number of furan rings is 1. The number of rotatable bonds is 5. The Morgan fingerprint density at radius 3 is 2.60 bits per heavy atom. The summed E-state index contributed by atoms with van der Waals surface area (Å²) in [6, 6.07) is 10.1. The molecular formula is C19H22N2O4. The van der Waals surface area contributed by atoms with Crippen LogP contribution in [-0.4, -0.2) is 36.1 Å². The van der Waals surface area contributed by atoms with Crippen molar-refractivity contribution < 1.29 is 19.1 Å². The van der Waals surface area contributed by atoms with Crippen LogP contribution in [0.2, 0.25) is 0 Å². The van der Waals surface area contributed by atoms with E-state index in [-0.39, 0.29) is 24.1 Å². The number of aliphatic hydroxyl groups is 1. The number of hydrogen-bond acceptors (Lipinski definition) is 4. The van der Waals surface area contributed by atoms with Gasteiger partial charge in [0.1, 0.15) is 0 Å². The lowest BCUT2D eigenvalue weighted by Gasteiger charge is -2.24. The minimum atomic E-state index is -0.819. The summed E-state index contributed by atoms with van der Waals surface area (Å²) in [5, 5.41) is 13.2.